The average molecular weight is 355 g/mol. The third-order valence-corrected chi connectivity index (χ3v) is 6.85. The summed E-state index contributed by atoms with van der Waals surface area (Å²) < 4.78 is 2.40. The van der Waals surface area contributed by atoms with Gasteiger partial charge < -0.3 is 14.3 Å². The van der Waals surface area contributed by atoms with Gasteiger partial charge >= 0.3 is 0 Å². The second-order valence-corrected chi connectivity index (χ2v) is 8.41. The van der Waals surface area contributed by atoms with Gasteiger partial charge in [0.1, 0.15) is 5.78 Å². The van der Waals surface area contributed by atoms with Gasteiger partial charge in [-0.2, -0.15) is 0 Å². The number of carbonyl (C=O) groups excluding carboxylic acids is 1. The summed E-state index contributed by atoms with van der Waals surface area (Å²) >= 11 is 0. The molecule has 0 amide bonds. The number of carbonyl (C=O) groups is 1. The Morgan fingerprint density at radius 3 is 2.65 bits per heavy atom. The van der Waals surface area contributed by atoms with Crippen molar-refractivity contribution in [2.75, 3.05) is 20.1 Å². The summed E-state index contributed by atoms with van der Waals surface area (Å²) in [6, 6.07) is 8.79. The Morgan fingerprint density at radius 2 is 1.96 bits per heavy atom. The lowest BCUT2D eigenvalue weighted by atomic mass is 9.66. The van der Waals surface area contributed by atoms with Crippen LogP contribution in [0.25, 0.3) is 10.9 Å². The van der Waals surface area contributed by atoms with Gasteiger partial charge in [0.15, 0.2) is 0 Å². The van der Waals surface area contributed by atoms with Gasteiger partial charge in [0.2, 0.25) is 0 Å². The smallest absolute Gasteiger partial charge is 0.130 e. The SMILES string of the molecule is CCC1(CC(C)=O)CCCN(C)CCc2c(n(C)c3ccccc23)C1C. The van der Waals surface area contributed by atoms with E-state index in [1.807, 2.05) is 0 Å². The molecule has 1 aliphatic heterocycles. The van der Waals surface area contributed by atoms with E-state index in [-0.39, 0.29) is 5.41 Å². The number of rotatable bonds is 3. The summed E-state index contributed by atoms with van der Waals surface area (Å²) in [6.45, 7) is 8.62. The first-order valence-corrected chi connectivity index (χ1v) is 10.1. The highest BCUT2D eigenvalue weighted by Gasteiger charge is 2.39. The topological polar surface area (TPSA) is 25.2 Å². The number of Topliss-reactive ketones (excluding diaryl/α,β-unsaturated/α-hetero) is 1. The number of aromatic nitrogens is 1. The van der Waals surface area contributed by atoms with E-state index in [0.717, 1.165) is 32.4 Å². The van der Waals surface area contributed by atoms with Crippen molar-refractivity contribution in [1.29, 1.82) is 0 Å². The molecular weight excluding hydrogens is 320 g/mol. The number of fused-ring (bicyclic) bond motifs is 3. The summed E-state index contributed by atoms with van der Waals surface area (Å²) in [5.41, 5.74) is 4.32. The summed E-state index contributed by atoms with van der Waals surface area (Å²) in [4.78, 5) is 14.6. The van der Waals surface area contributed by atoms with E-state index in [1.165, 1.54) is 28.6 Å². The van der Waals surface area contributed by atoms with Gasteiger partial charge in [-0.3, -0.25) is 0 Å². The fourth-order valence-corrected chi connectivity index (χ4v) is 5.27. The maximum Gasteiger partial charge on any atom is 0.130 e. The van der Waals surface area contributed by atoms with E-state index in [9.17, 15) is 4.79 Å². The van der Waals surface area contributed by atoms with Crippen molar-refractivity contribution in [3.8, 4) is 0 Å². The lowest BCUT2D eigenvalue weighted by molar-refractivity contribution is -0.120. The zero-order chi connectivity index (χ0) is 18.9. The molecule has 1 aromatic carbocycles. The highest BCUT2D eigenvalue weighted by Crippen LogP contribution is 2.48. The third-order valence-electron chi connectivity index (χ3n) is 6.85. The van der Waals surface area contributed by atoms with Gasteiger partial charge in [-0.25, -0.2) is 0 Å². The Kier molecular flexibility index (Phi) is 5.57. The van der Waals surface area contributed by atoms with E-state index in [0.29, 0.717) is 18.1 Å². The minimum Gasteiger partial charge on any atom is -0.347 e. The summed E-state index contributed by atoms with van der Waals surface area (Å²) in [6.07, 6.45) is 5.11. The van der Waals surface area contributed by atoms with Crippen LogP contribution in [0.15, 0.2) is 24.3 Å². The maximum absolute atomic E-state index is 12.2. The molecule has 0 spiro atoms. The van der Waals surface area contributed by atoms with Gasteiger partial charge in [0.25, 0.3) is 0 Å². The van der Waals surface area contributed by atoms with Crippen LogP contribution in [0.2, 0.25) is 0 Å². The molecule has 0 aliphatic carbocycles. The molecule has 26 heavy (non-hydrogen) atoms. The maximum atomic E-state index is 12.2. The van der Waals surface area contributed by atoms with Crippen LogP contribution in [0.5, 0.6) is 0 Å². The predicted octanol–water partition coefficient (Wildman–Crippen LogP) is 4.93. The van der Waals surface area contributed by atoms with Gasteiger partial charge in [-0.05, 0) is 63.2 Å². The van der Waals surface area contributed by atoms with Crippen LogP contribution >= 0.6 is 0 Å². The van der Waals surface area contributed by atoms with Crippen molar-refractivity contribution in [2.45, 2.75) is 58.8 Å². The minimum absolute atomic E-state index is 0.0564. The quantitative estimate of drug-likeness (QED) is 0.781. The van der Waals surface area contributed by atoms with Crippen LogP contribution in [0.1, 0.15) is 63.6 Å². The second kappa shape index (κ2) is 7.56. The van der Waals surface area contributed by atoms with Crippen molar-refractivity contribution >= 4 is 16.7 Å². The number of hydrogen-bond donors (Lipinski definition) is 0. The number of nitrogens with zero attached hydrogens (tertiary/aromatic N) is 2. The van der Waals surface area contributed by atoms with Crippen molar-refractivity contribution < 1.29 is 4.79 Å². The minimum atomic E-state index is 0.0564. The van der Waals surface area contributed by atoms with E-state index in [2.05, 4.69) is 61.7 Å². The third kappa shape index (κ3) is 3.34. The molecule has 3 rings (SSSR count). The molecule has 0 saturated carbocycles. The van der Waals surface area contributed by atoms with Gasteiger partial charge in [0.05, 0.1) is 0 Å². The number of likely N-dealkylation sites (N-methyl/N-ethyl adjacent to an activating group) is 1. The van der Waals surface area contributed by atoms with Crippen molar-refractivity contribution in [3.05, 3.63) is 35.5 Å². The normalized spacial score (nSPS) is 25.2. The van der Waals surface area contributed by atoms with E-state index < -0.39 is 0 Å². The van der Waals surface area contributed by atoms with Crippen LogP contribution in [0, 0.1) is 5.41 Å². The number of para-hydroxylation sites is 1. The first-order valence-electron chi connectivity index (χ1n) is 10.1. The highest BCUT2D eigenvalue weighted by molar-refractivity contribution is 5.86. The predicted molar refractivity (Wildman–Crippen MR) is 110 cm³/mol. The second-order valence-electron chi connectivity index (χ2n) is 8.41. The number of ketones is 1. The molecule has 1 aromatic heterocycles. The van der Waals surface area contributed by atoms with E-state index in [4.69, 9.17) is 0 Å². The summed E-state index contributed by atoms with van der Waals surface area (Å²) in [7, 11) is 4.44. The fraction of sp³-hybridized carbons (Fsp3) is 0.609. The van der Waals surface area contributed by atoms with Gasteiger partial charge in [0, 0.05) is 42.5 Å². The zero-order valence-corrected chi connectivity index (χ0v) is 17.1. The van der Waals surface area contributed by atoms with Crippen molar-refractivity contribution in [2.24, 2.45) is 12.5 Å². The molecule has 2 aromatic rings. The molecule has 0 N–H and O–H groups in total. The van der Waals surface area contributed by atoms with Crippen LogP contribution in [-0.2, 0) is 18.3 Å². The van der Waals surface area contributed by atoms with E-state index >= 15 is 0 Å². The van der Waals surface area contributed by atoms with Crippen LogP contribution in [0.4, 0.5) is 0 Å². The van der Waals surface area contributed by atoms with Crippen molar-refractivity contribution in [3.63, 3.8) is 0 Å². The molecule has 0 radical (unpaired) electrons. The molecule has 0 saturated heterocycles. The molecule has 2 unspecified atom stereocenters. The zero-order valence-electron chi connectivity index (χ0n) is 17.1. The van der Waals surface area contributed by atoms with Gasteiger partial charge in [-0.1, -0.05) is 32.0 Å². The summed E-state index contributed by atoms with van der Waals surface area (Å²) in [5.74, 6) is 0.705. The van der Waals surface area contributed by atoms with Crippen LogP contribution < -0.4 is 0 Å². The average Bonchev–Trinajstić information content (AvgIpc) is 2.90. The van der Waals surface area contributed by atoms with E-state index in [1.54, 1.807) is 6.92 Å². The lowest BCUT2D eigenvalue weighted by Crippen LogP contribution is -2.34. The first kappa shape index (κ1) is 19.2. The Balaban J connectivity index is 2.21. The Hall–Kier alpha value is -1.61. The molecule has 3 nitrogen and oxygen atoms in total. The van der Waals surface area contributed by atoms with Crippen LogP contribution in [-0.4, -0.2) is 35.4 Å². The first-order chi connectivity index (χ1) is 12.4. The molecular formula is C23H34N2O. The largest absolute Gasteiger partial charge is 0.347 e. The Bertz CT molecular complexity index is 791. The number of benzene rings is 1. The molecule has 1 aliphatic rings. The van der Waals surface area contributed by atoms with Gasteiger partial charge in [-0.15, -0.1) is 0 Å². The number of aryl methyl sites for hydroxylation is 1. The number of hydrogen-bond acceptors (Lipinski definition) is 2. The molecule has 142 valence electrons. The monoisotopic (exact) mass is 354 g/mol. The molecule has 0 fully saturated rings. The fourth-order valence-electron chi connectivity index (χ4n) is 5.27. The summed E-state index contributed by atoms with van der Waals surface area (Å²) in [5, 5.41) is 1.39. The molecule has 2 atom stereocenters. The lowest BCUT2D eigenvalue weighted by Gasteiger charge is -2.40. The standard InChI is InChI=1S/C23H34N2O/c1-6-23(16-17(2)26)13-9-14-24(4)15-12-20-19-10-7-8-11-21(19)25(5)22(20)18(23)3/h7-8,10-11,18H,6,9,12-16H2,1-5H3. The van der Waals surface area contributed by atoms with Crippen molar-refractivity contribution in [1.82, 2.24) is 9.47 Å². The molecule has 3 heteroatoms. The Morgan fingerprint density at radius 1 is 1.23 bits per heavy atom. The molecule has 0 bridgehead atoms. The van der Waals surface area contributed by atoms with Crippen LogP contribution in [0.3, 0.4) is 0 Å². The highest BCUT2D eigenvalue weighted by atomic mass is 16.1. The molecule has 2 heterocycles. The Labute approximate surface area is 158 Å².